The molecule has 0 unspecified atom stereocenters. The van der Waals surface area contributed by atoms with E-state index in [1.165, 1.54) is 0 Å². The van der Waals surface area contributed by atoms with Crippen molar-refractivity contribution in [3.8, 4) is 0 Å². The van der Waals surface area contributed by atoms with Crippen LogP contribution in [0.1, 0.15) is 29.6 Å². The maximum absolute atomic E-state index is 11.9. The van der Waals surface area contributed by atoms with Gasteiger partial charge in [0.15, 0.2) is 0 Å². The lowest BCUT2D eigenvalue weighted by molar-refractivity contribution is 0.0318. The van der Waals surface area contributed by atoms with Crippen molar-refractivity contribution in [1.82, 2.24) is 10.6 Å². The maximum Gasteiger partial charge on any atom is 0.251 e. The first-order valence-corrected chi connectivity index (χ1v) is 7.91. The number of nitrogens with one attached hydrogen (secondary N) is 2. The predicted octanol–water partition coefficient (Wildman–Crippen LogP) is 2.34. The van der Waals surface area contributed by atoms with Gasteiger partial charge in [-0.15, -0.1) is 0 Å². The molecule has 1 aromatic rings. The minimum atomic E-state index is -0.0341. The summed E-state index contributed by atoms with van der Waals surface area (Å²) in [6.45, 7) is 3.45. The van der Waals surface area contributed by atoms with Gasteiger partial charge in [-0.25, -0.2) is 0 Å². The van der Waals surface area contributed by atoms with Gasteiger partial charge in [0.1, 0.15) is 0 Å². The zero-order chi connectivity index (χ0) is 14.2. The molecule has 1 heterocycles. The molecule has 2 N–H and O–H groups in total. The lowest BCUT2D eigenvalue weighted by Crippen LogP contribution is -2.33. The van der Waals surface area contributed by atoms with E-state index >= 15 is 0 Å². The molecule has 1 fully saturated rings. The van der Waals surface area contributed by atoms with E-state index in [0.717, 1.165) is 36.8 Å². The van der Waals surface area contributed by atoms with Crippen molar-refractivity contribution in [2.75, 3.05) is 26.2 Å². The molecule has 0 atom stereocenters. The minimum absolute atomic E-state index is 0.0341. The van der Waals surface area contributed by atoms with Gasteiger partial charge in [-0.05, 0) is 50.6 Å². The summed E-state index contributed by atoms with van der Waals surface area (Å²) in [6.07, 6.45) is 3.41. The molecule has 0 saturated carbocycles. The van der Waals surface area contributed by atoms with Crippen molar-refractivity contribution < 1.29 is 9.53 Å². The fourth-order valence-corrected chi connectivity index (χ4v) is 2.62. The van der Waals surface area contributed by atoms with Crippen molar-refractivity contribution >= 4 is 21.8 Å². The van der Waals surface area contributed by atoms with Crippen LogP contribution >= 0.6 is 15.9 Å². The quantitative estimate of drug-likeness (QED) is 0.781. The van der Waals surface area contributed by atoms with Gasteiger partial charge in [-0.1, -0.05) is 22.0 Å². The summed E-state index contributed by atoms with van der Waals surface area (Å²) < 4.78 is 6.71. The number of halogens is 1. The third kappa shape index (κ3) is 5.23. The second-order valence-corrected chi connectivity index (χ2v) is 5.86. The van der Waals surface area contributed by atoms with Crippen LogP contribution in [-0.4, -0.2) is 38.3 Å². The van der Waals surface area contributed by atoms with Gasteiger partial charge < -0.3 is 15.4 Å². The van der Waals surface area contributed by atoms with Gasteiger partial charge in [0.2, 0.25) is 0 Å². The summed E-state index contributed by atoms with van der Waals surface area (Å²) in [5.41, 5.74) is 0.679. The van der Waals surface area contributed by atoms with Crippen molar-refractivity contribution in [3.05, 3.63) is 34.3 Å². The summed E-state index contributed by atoms with van der Waals surface area (Å²) in [5.74, 6) is -0.0341. The van der Waals surface area contributed by atoms with Crippen molar-refractivity contribution in [2.24, 2.45) is 0 Å². The van der Waals surface area contributed by atoms with Crippen LogP contribution in [0.2, 0.25) is 0 Å². The Morgan fingerprint density at radius 2 is 2.20 bits per heavy atom. The first-order valence-electron chi connectivity index (χ1n) is 7.12. The average Bonchev–Trinajstić information content (AvgIpc) is 2.48. The Bertz CT molecular complexity index is 434. The fourth-order valence-electron chi connectivity index (χ4n) is 2.22. The minimum Gasteiger partial charge on any atom is -0.378 e. The zero-order valence-electron chi connectivity index (χ0n) is 11.5. The smallest absolute Gasteiger partial charge is 0.251 e. The van der Waals surface area contributed by atoms with Crippen LogP contribution in [0.15, 0.2) is 28.7 Å². The second kappa shape index (κ2) is 8.39. The summed E-state index contributed by atoms with van der Waals surface area (Å²) >= 11 is 3.36. The van der Waals surface area contributed by atoms with Crippen LogP contribution in [0.3, 0.4) is 0 Å². The number of carbonyl (C=O) groups is 1. The molecule has 2 rings (SSSR count). The molecule has 1 aliphatic rings. The van der Waals surface area contributed by atoms with Gasteiger partial charge in [0.25, 0.3) is 5.91 Å². The summed E-state index contributed by atoms with van der Waals surface area (Å²) in [4.78, 5) is 11.9. The summed E-state index contributed by atoms with van der Waals surface area (Å²) in [6, 6.07) is 7.40. The van der Waals surface area contributed by atoms with Crippen molar-refractivity contribution in [1.29, 1.82) is 0 Å². The number of hydrogen-bond acceptors (Lipinski definition) is 3. The van der Waals surface area contributed by atoms with Crippen LogP contribution in [0, 0.1) is 0 Å². The molecule has 5 heteroatoms. The van der Waals surface area contributed by atoms with Gasteiger partial charge in [0.05, 0.1) is 6.10 Å². The molecule has 1 amide bonds. The SMILES string of the molecule is O=C(NCCCOC1CCNCC1)c1cccc(Br)c1. The molecule has 1 aliphatic heterocycles. The number of carbonyl (C=O) groups excluding carboxylic acids is 1. The van der Waals surface area contributed by atoms with E-state index in [1.807, 2.05) is 24.3 Å². The number of hydrogen-bond donors (Lipinski definition) is 2. The van der Waals surface area contributed by atoms with Gasteiger partial charge >= 0.3 is 0 Å². The molecule has 0 spiro atoms. The van der Waals surface area contributed by atoms with E-state index in [4.69, 9.17) is 4.74 Å². The molecule has 20 heavy (non-hydrogen) atoms. The van der Waals surface area contributed by atoms with E-state index in [0.29, 0.717) is 24.8 Å². The van der Waals surface area contributed by atoms with Crippen molar-refractivity contribution in [3.63, 3.8) is 0 Å². The molecular formula is C15H21BrN2O2. The highest BCUT2D eigenvalue weighted by atomic mass is 79.9. The Morgan fingerprint density at radius 3 is 2.95 bits per heavy atom. The number of rotatable bonds is 6. The standard InChI is InChI=1S/C15H21BrN2O2/c16-13-4-1-3-12(11-13)15(19)18-7-2-10-20-14-5-8-17-9-6-14/h1,3-4,11,14,17H,2,5-10H2,(H,18,19). The van der Waals surface area contributed by atoms with Gasteiger partial charge in [0, 0.05) is 23.2 Å². The lowest BCUT2D eigenvalue weighted by atomic mass is 10.1. The monoisotopic (exact) mass is 340 g/mol. The highest BCUT2D eigenvalue weighted by Gasteiger charge is 2.12. The third-order valence-electron chi connectivity index (χ3n) is 3.33. The molecule has 4 nitrogen and oxygen atoms in total. The number of piperidine rings is 1. The topological polar surface area (TPSA) is 50.4 Å². The lowest BCUT2D eigenvalue weighted by Gasteiger charge is -2.22. The molecule has 110 valence electrons. The normalized spacial score (nSPS) is 16.1. The Kier molecular flexibility index (Phi) is 6.50. The van der Waals surface area contributed by atoms with Crippen LogP contribution in [0.25, 0.3) is 0 Å². The zero-order valence-corrected chi connectivity index (χ0v) is 13.1. The first kappa shape index (κ1) is 15.5. The molecule has 0 radical (unpaired) electrons. The van der Waals surface area contributed by atoms with E-state index in [2.05, 4.69) is 26.6 Å². The van der Waals surface area contributed by atoms with E-state index in [9.17, 15) is 4.79 Å². The Balaban J connectivity index is 1.59. The maximum atomic E-state index is 11.9. The second-order valence-electron chi connectivity index (χ2n) is 4.94. The largest absolute Gasteiger partial charge is 0.378 e. The van der Waals surface area contributed by atoms with Gasteiger partial charge in [-0.3, -0.25) is 4.79 Å². The molecular weight excluding hydrogens is 320 g/mol. The predicted molar refractivity (Wildman–Crippen MR) is 82.9 cm³/mol. The molecule has 1 saturated heterocycles. The summed E-state index contributed by atoms with van der Waals surface area (Å²) in [5, 5.41) is 6.22. The van der Waals surface area contributed by atoms with E-state index < -0.39 is 0 Å². The highest BCUT2D eigenvalue weighted by Crippen LogP contribution is 2.11. The first-order chi connectivity index (χ1) is 9.75. The Morgan fingerprint density at radius 1 is 1.40 bits per heavy atom. The summed E-state index contributed by atoms with van der Waals surface area (Å²) in [7, 11) is 0. The van der Waals surface area contributed by atoms with Crippen LogP contribution in [0.5, 0.6) is 0 Å². The van der Waals surface area contributed by atoms with Gasteiger partial charge in [-0.2, -0.15) is 0 Å². The average molecular weight is 341 g/mol. The van der Waals surface area contributed by atoms with E-state index in [-0.39, 0.29) is 5.91 Å². The van der Waals surface area contributed by atoms with E-state index in [1.54, 1.807) is 0 Å². The highest BCUT2D eigenvalue weighted by molar-refractivity contribution is 9.10. The van der Waals surface area contributed by atoms with Crippen molar-refractivity contribution in [2.45, 2.75) is 25.4 Å². The third-order valence-corrected chi connectivity index (χ3v) is 3.83. The van der Waals surface area contributed by atoms with Crippen LogP contribution in [-0.2, 0) is 4.74 Å². The Labute approximate surface area is 128 Å². The van der Waals surface area contributed by atoms with Crippen LogP contribution in [0.4, 0.5) is 0 Å². The number of benzene rings is 1. The number of amides is 1. The fraction of sp³-hybridized carbons (Fsp3) is 0.533. The number of ether oxygens (including phenoxy) is 1. The van der Waals surface area contributed by atoms with Crippen LogP contribution < -0.4 is 10.6 Å². The molecule has 0 aliphatic carbocycles. The molecule has 0 aromatic heterocycles. The molecule has 1 aromatic carbocycles. The Hall–Kier alpha value is -0.910. The molecule has 0 bridgehead atoms.